The Hall–Kier alpha value is -1.06. The Bertz CT molecular complexity index is 396. The van der Waals surface area contributed by atoms with E-state index in [1.54, 1.807) is 0 Å². The van der Waals surface area contributed by atoms with E-state index in [0.717, 1.165) is 38.8 Å². The highest BCUT2D eigenvalue weighted by Gasteiger charge is 2.10. The van der Waals surface area contributed by atoms with Gasteiger partial charge in [-0.25, -0.2) is 0 Å². The average molecular weight is 290 g/mol. The predicted octanol–water partition coefficient (Wildman–Crippen LogP) is 3.44. The summed E-state index contributed by atoms with van der Waals surface area (Å²) in [6.45, 7) is 11.5. The summed E-state index contributed by atoms with van der Waals surface area (Å²) in [6, 6.07) is 9.55. The van der Waals surface area contributed by atoms with Gasteiger partial charge in [0, 0.05) is 31.4 Å². The molecule has 1 saturated heterocycles. The molecule has 3 heteroatoms. The van der Waals surface area contributed by atoms with Crippen LogP contribution in [0, 0.1) is 5.92 Å². The van der Waals surface area contributed by atoms with E-state index < -0.39 is 0 Å². The molecule has 1 aliphatic heterocycles. The lowest BCUT2D eigenvalue weighted by Gasteiger charge is -2.29. The van der Waals surface area contributed by atoms with Crippen LogP contribution in [0.5, 0.6) is 0 Å². The fourth-order valence-electron chi connectivity index (χ4n) is 2.62. The monoisotopic (exact) mass is 290 g/mol. The number of nitrogens with zero attached hydrogens (tertiary/aromatic N) is 1. The largest absolute Gasteiger partial charge is 0.378 e. The summed E-state index contributed by atoms with van der Waals surface area (Å²) >= 11 is 0. The first-order chi connectivity index (χ1) is 10.1. The number of benzene rings is 1. The number of anilines is 1. The minimum Gasteiger partial charge on any atom is -0.378 e. The van der Waals surface area contributed by atoms with Crippen molar-refractivity contribution < 1.29 is 4.74 Å². The van der Waals surface area contributed by atoms with Gasteiger partial charge in [-0.05, 0) is 43.4 Å². The third-order valence-corrected chi connectivity index (χ3v) is 4.14. The molecule has 21 heavy (non-hydrogen) atoms. The molecule has 1 unspecified atom stereocenters. The van der Waals surface area contributed by atoms with Crippen LogP contribution in [0.4, 0.5) is 5.69 Å². The molecule has 1 atom stereocenters. The highest BCUT2D eigenvalue weighted by molar-refractivity contribution is 5.47. The number of hydrogen-bond acceptors (Lipinski definition) is 3. The molecule has 1 aromatic carbocycles. The van der Waals surface area contributed by atoms with Gasteiger partial charge in [-0.2, -0.15) is 0 Å². The second-order valence-corrected chi connectivity index (χ2v) is 6.52. The first-order valence-corrected chi connectivity index (χ1v) is 8.30. The van der Waals surface area contributed by atoms with Crippen molar-refractivity contribution in [2.45, 2.75) is 46.2 Å². The van der Waals surface area contributed by atoms with Crippen molar-refractivity contribution in [3.05, 3.63) is 29.8 Å². The molecule has 1 fully saturated rings. The van der Waals surface area contributed by atoms with E-state index in [9.17, 15) is 0 Å². The van der Waals surface area contributed by atoms with Crippen molar-refractivity contribution in [1.82, 2.24) is 5.32 Å². The third kappa shape index (κ3) is 5.68. The zero-order chi connectivity index (χ0) is 15.1. The van der Waals surface area contributed by atoms with Gasteiger partial charge in [0.15, 0.2) is 0 Å². The molecule has 0 radical (unpaired) electrons. The fourth-order valence-corrected chi connectivity index (χ4v) is 2.62. The first-order valence-electron chi connectivity index (χ1n) is 8.30. The van der Waals surface area contributed by atoms with E-state index in [1.807, 2.05) is 0 Å². The molecule has 0 aromatic heterocycles. The Labute approximate surface area is 129 Å². The molecule has 0 spiro atoms. The Morgan fingerprint density at radius 2 is 1.71 bits per heavy atom. The van der Waals surface area contributed by atoms with Crippen molar-refractivity contribution >= 4 is 5.69 Å². The van der Waals surface area contributed by atoms with Gasteiger partial charge >= 0.3 is 0 Å². The summed E-state index contributed by atoms with van der Waals surface area (Å²) in [5, 5.41) is 3.62. The lowest BCUT2D eigenvalue weighted by atomic mass is 10.0. The topological polar surface area (TPSA) is 24.5 Å². The maximum absolute atomic E-state index is 5.40. The quantitative estimate of drug-likeness (QED) is 0.832. The smallest absolute Gasteiger partial charge is 0.0642 e. The van der Waals surface area contributed by atoms with Crippen LogP contribution in [-0.4, -0.2) is 32.3 Å². The van der Waals surface area contributed by atoms with Crippen LogP contribution in [0.3, 0.4) is 0 Å². The number of hydrogen-bond donors (Lipinski definition) is 1. The van der Waals surface area contributed by atoms with Crippen LogP contribution < -0.4 is 10.2 Å². The molecular weight excluding hydrogens is 260 g/mol. The SMILES string of the molecule is CC(C)CCC(C)NCc1ccc(N2CCOCC2)cc1. The van der Waals surface area contributed by atoms with Gasteiger partial charge in [0.2, 0.25) is 0 Å². The zero-order valence-corrected chi connectivity index (χ0v) is 13.8. The summed E-state index contributed by atoms with van der Waals surface area (Å²) in [7, 11) is 0. The van der Waals surface area contributed by atoms with Crippen LogP contribution in [-0.2, 0) is 11.3 Å². The second-order valence-electron chi connectivity index (χ2n) is 6.52. The molecule has 0 amide bonds. The Balaban J connectivity index is 1.76. The van der Waals surface area contributed by atoms with Crippen molar-refractivity contribution in [2.24, 2.45) is 5.92 Å². The summed E-state index contributed by atoms with van der Waals surface area (Å²) in [5.41, 5.74) is 2.68. The minimum atomic E-state index is 0.589. The van der Waals surface area contributed by atoms with Crippen molar-refractivity contribution in [3.63, 3.8) is 0 Å². The summed E-state index contributed by atoms with van der Waals surface area (Å²) in [5.74, 6) is 0.794. The van der Waals surface area contributed by atoms with Crippen molar-refractivity contribution in [1.29, 1.82) is 0 Å². The number of morpholine rings is 1. The van der Waals surface area contributed by atoms with Crippen LogP contribution in [0.25, 0.3) is 0 Å². The molecule has 0 aliphatic carbocycles. The molecule has 1 aliphatic rings. The number of rotatable bonds is 7. The normalized spacial score (nSPS) is 17.2. The van der Waals surface area contributed by atoms with E-state index in [4.69, 9.17) is 4.74 Å². The van der Waals surface area contributed by atoms with Crippen molar-refractivity contribution in [2.75, 3.05) is 31.2 Å². The predicted molar refractivity (Wildman–Crippen MR) is 89.8 cm³/mol. The van der Waals surface area contributed by atoms with E-state index >= 15 is 0 Å². The first kappa shape index (κ1) is 16.3. The molecule has 0 saturated carbocycles. The van der Waals surface area contributed by atoms with Crippen LogP contribution in [0.15, 0.2) is 24.3 Å². The third-order valence-electron chi connectivity index (χ3n) is 4.14. The fraction of sp³-hybridized carbons (Fsp3) is 0.667. The van der Waals surface area contributed by atoms with E-state index in [2.05, 4.69) is 55.3 Å². The second kappa shape index (κ2) is 8.40. The maximum atomic E-state index is 5.40. The molecule has 1 aromatic rings. The van der Waals surface area contributed by atoms with Gasteiger partial charge in [-0.15, -0.1) is 0 Å². The summed E-state index contributed by atoms with van der Waals surface area (Å²) in [4.78, 5) is 2.39. The van der Waals surface area contributed by atoms with Gasteiger partial charge in [-0.3, -0.25) is 0 Å². The van der Waals surface area contributed by atoms with Gasteiger partial charge in [0.05, 0.1) is 13.2 Å². The van der Waals surface area contributed by atoms with Gasteiger partial charge in [0.25, 0.3) is 0 Å². The van der Waals surface area contributed by atoms with Crippen LogP contribution in [0.2, 0.25) is 0 Å². The lowest BCUT2D eigenvalue weighted by molar-refractivity contribution is 0.122. The molecule has 118 valence electrons. The van der Waals surface area contributed by atoms with E-state index in [1.165, 1.54) is 24.1 Å². The van der Waals surface area contributed by atoms with Crippen molar-refractivity contribution in [3.8, 4) is 0 Å². The highest BCUT2D eigenvalue weighted by atomic mass is 16.5. The molecule has 1 heterocycles. The number of nitrogens with one attached hydrogen (secondary N) is 1. The van der Waals surface area contributed by atoms with Gasteiger partial charge in [-0.1, -0.05) is 26.0 Å². The maximum Gasteiger partial charge on any atom is 0.0642 e. The molecular formula is C18H30N2O. The van der Waals surface area contributed by atoms with Gasteiger partial charge in [0.1, 0.15) is 0 Å². The Morgan fingerprint density at radius 1 is 1.05 bits per heavy atom. The van der Waals surface area contributed by atoms with E-state index in [-0.39, 0.29) is 0 Å². The standard InChI is InChI=1S/C18H30N2O/c1-15(2)4-5-16(3)19-14-17-6-8-18(9-7-17)20-10-12-21-13-11-20/h6-9,15-16,19H,4-5,10-14H2,1-3H3. The lowest BCUT2D eigenvalue weighted by Crippen LogP contribution is -2.36. The Morgan fingerprint density at radius 3 is 2.33 bits per heavy atom. The summed E-state index contributed by atoms with van der Waals surface area (Å²) < 4.78 is 5.40. The van der Waals surface area contributed by atoms with Crippen LogP contribution in [0.1, 0.15) is 39.2 Å². The summed E-state index contributed by atoms with van der Waals surface area (Å²) in [6.07, 6.45) is 2.55. The molecule has 1 N–H and O–H groups in total. The molecule has 3 nitrogen and oxygen atoms in total. The minimum absolute atomic E-state index is 0.589. The number of ether oxygens (including phenoxy) is 1. The van der Waals surface area contributed by atoms with Gasteiger partial charge < -0.3 is 15.0 Å². The van der Waals surface area contributed by atoms with E-state index in [0.29, 0.717) is 6.04 Å². The van der Waals surface area contributed by atoms with Crippen LogP contribution >= 0.6 is 0 Å². The highest BCUT2D eigenvalue weighted by Crippen LogP contribution is 2.17. The average Bonchev–Trinajstić information content (AvgIpc) is 2.52. The zero-order valence-electron chi connectivity index (χ0n) is 13.8. The Kier molecular flexibility index (Phi) is 6.52. The molecule has 0 bridgehead atoms. The molecule has 2 rings (SSSR count).